The average Bonchev–Trinajstić information content (AvgIpc) is 2.47. The fourth-order valence-electron chi connectivity index (χ4n) is 1.44. The van der Waals surface area contributed by atoms with E-state index in [0.717, 1.165) is 11.3 Å². The van der Waals surface area contributed by atoms with Crippen molar-refractivity contribution in [1.29, 1.82) is 0 Å². The van der Waals surface area contributed by atoms with Gasteiger partial charge in [0, 0.05) is 25.2 Å². The minimum absolute atomic E-state index is 0.107. The summed E-state index contributed by atoms with van der Waals surface area (Å²) in [6, 6.07) is -0.107. The van der Waals surface area contributed by atoms with E-state index in [4.69, 9.17) is 10.8 Å². The number of aliphatic carboxylic acids is 1. The number of carboxylic acids is 1. The molecule has 15 heavy (non-hydrogen) atoms. The zero-order valence-electron chi connectivity index (χ0n) is 9.10. The number of rotatable bonds is 5. The number of nitrogens with two attached hydrogens (primary N) is 1. The zero-order chi connectivity index (χ0) is 11.4. The minimum atomic E-state index is -0.798. The first kappa shape index (κ1) is 11.7. The molecule has 3 N–H and O–H groups in total. The molecular formula is C10H17N3O2. The Hall–Kier alpha value is -1.36. The van der Waals surface area contributed by atoms with Gasteiger partial charge in [-0.05, 0) is 25.3 Å². The molecule has 84 valence electrons. The highest BCUT2D eigenvalue weighted by molar-refractivity contribution is 5.66. The Morgan fingerprint density at radius 1 is 1.73 bits per heavy atom. The fourth-order valence-corrected chi connectivity index (χ4v) is 1.44. The van der Waals surface area contributed by atoms with Crippen LogP contribution in [-0.4, -0.2) is 26.9 Å². The van der Waals surface area contributed by atoms with Gasteiger partial charge in [0.25, 0.3) is 0 Å². The first-order chi connectivity index (χ1) is 7.00. The number of nitrogens with zero attached hydrogens (tertiary/aromatic N) is 2. The molecule has 1 heterocycles. The third kappa shape index (κ3) is 3.36. The van der Waals surface area contributed by atoms with Gasteiger partial charge in [0.15, 0.2) is 0 Å². The van der Waals surface area contributed by atoms with Gasteiger partial charge in [-0.25, -0.2) is 0 Å². The van der Waals surface area contributed by atoms with Crippen LogP contribution in [0.15, 0.2) is 6.20 Å². The van der Waals surface area contributed by atoms with E-state index in [2.05, 4.69) is 5.10 Å². The normalized spacial score (nSPS) is 12.7. The lowest BCUT2D eigenvalue weighted by Crippen LogP contribution is -2.24. The Morgan fingerprint density at radius 2 is 2.40 bits per heavy atom. The summed E-state index contributed by atoms with van der Waals surface area (Å²) >= 11 is 0. The summed E-state index contributed by atoms with van der Waals surface area (Å²) in [7, 11) is 1.88. The van der Waals surface area contributed by atoms with E-state index in [-0.39, 0.29) is 12.5 Å². The molecular weight excluding hydrogens is 194 g/mol. The number of aryl methyl sites for hydroxylation is 1. The quantitative estimate of drug-likeness (QED) is 0.741. The summed E-state index contributed by atoms with van der Waals surface area (Å²) in [5, 5.41) is 12.6. The summed E-state index contributed by atoms with van der Waals surface area (Å²) in [6.45, 7) is 1.98. The molecule has 0 aliphatic carbocycles. The van der Waals surface area contributed by atoms with E-state index >= 15 is 0 Å². The first-order valence-corrected chi connectivity index (χ1v) is 4.95. The number of aromatic nitrogens is 2. The summed E-state index contributed by atoms with van der Waals surface area (Å²) in [5.41, 5.74) is 8.01. The first-order valence-electron chi connectivity index (χ1n) is 4.95. The van der Waals surface area contributed by atoms with Crippen LogP contribution in [-0.2, 0) is 18.3 Å². The average molecular weight is 211 g/mol. The summed E-state index contributed by atoms with van der Waals surface area (Å²) in [5.74, 6) is -0.798. The van der Waals surface area contributed by atoms with Crippen LogP contribution in [0.2, 0.25) is 0 Å². The zero-order valence-corrected chi connectivity index (χ0v) is 9.10. The van der Waals surface area contributed by atoms with Gasteiger partial charge >= 0.3 is 5.97 Å². The Labute approximate surface area is 88.9 Å². The van der Waals surface area contributed by atoms with Gasteiger partial charge in [-0.2, -0.15) is 5.10 Å². The summed E-state index contributed by atoms with van der Waals surface area (Å²) in [6.07, 6.45) is 3.10. The van der Waals surface area contributed by atoms with Crippen molar-refractivity contribution in [3.63, 3.8) is 0 Å². The molecule has 5 heteroatoms. The molecule has 0 amide bonds. The lowest BCUT2D eigenvalue weighted by atomic mass is 10.0. The predicted molar refractivity (Wildman–Crippen MR) is 56.5 cm³/mol. The lowest BCUT2D eigenvalue weighted by Gasteiger charge is -2.09. The number of hydrogen-bond donors (Lipinski definition) is 2. The summed E-state index contributed by atoms with van der Waals surface area (Å²) in [4.78, 5) is 10.4. The molecule has 0 aliphatic heterocycles. The van der Waals surface area contributed by atoms with Gasteiger partial charge in [-0.1, -0.05) is 0 Å². The maximum atomic E-state index is 10.4. The van der Waals surface area contributed by atoms with Crippen molar-refractivity contribution >= 4 is 5.97 Å². The Kier molecular flexibility index (Phi) is 3.85. The standard InChI is InChI=1S/C10H17N3O2/c1-7-8(6-12-13(7)2)5-9(11)3-4-10(14)15/h6,9H,3-5,11H2,1-2H3,(H,14,15). The van der Waals surface area contributed by atoms with Crippen LogP contribution in [0.25, 0.3) is 0 Å². The van der Waals surface area contributed by atoms with E-state index in [1.807, 2.05) is 14.0 Å². The summed E-state index contributed by atoms with van der Waals surface area (Å²) < 4.78 is 1.79. The third-order valence-corrected chi connectivity index (χ3v) is 2.55. The smallest absolute Gasteiger partial charge is 0.303 e. The molecule has 1 aromatic heterocycles. The highest BCUT2D eigenvalue weighted by atomic mass is 16.4. The van der Waals surface area contributed by atoms with E-state index in [1.54, 1.807) is 10.9 Å². The maximum absolute atomic E-state index is 10.4. The van der Waals surface area contributed by atoms with Crippen molar-refractivity contribution in [2.45, 2.75) is 32.2 Å². The molecule has 0 fully saturated rings. The van der Waals surface area contributed by atoms with Gasteiger partial charge in [0.2, 0.25) is 0 Å². The van der Waals surface area contributed by atoms with Crippen molar-refractivity contribution in [1.82, 2.24) is 9.78 Å². The molecule has 0 aromatic carbocycles. The maximum Gasteiger partial charge on any atom is 0.303 e. The van der Waals surface area contributed by atoms with Gasteiger partial charge in [0.05, 0.1) is 6.20 Å². The number of carboxylic acid groups (broad SMARTS) is 1. The molecule has 0 radical (unpaired) electrons. The molecule has 1 unspecified atom stereocenters. The topological polar surface area (TPSA) is 81.1 Å². The molecule has 0 saturated heterocycles. The highest BCUT2D eigenvalue weighted by Gasteiger charge is 2.10. The SMILES string of the molecule is Cc1c(CC(N)CCC(=O)O)cnn1C. The second-order valence-electron chi connectivity index (χ2n) is 3.78. The van der Waals surface area contributed by atoms with Crippen molar-refractivity contribution in [3.05, 3.63) is 17.5 Å². The van der Waals surface area contributed by atoms with Crippen molar-refractivity contribution in [2.75, 3.05) is 0 Å². The van der Waals surface area contributed by atoms with Gasteiger partial charge in [0.1, 0.15) is 0 Å². The molecule has 0 saturated carbocycles. The van der Waals surface area contributed by atoms with E-state index in [1.165, 1.54) is 0 Å². The van der Waals surface area contributed by atoms with Crippen molar-refractivity contribution in [3.8, 4) is 0 Å². The van der Waals surface area contributed by atoms with Crippen molar-refractivity contribution < 1.29 is 9.90 Å². The molecule has 0 aliphatic rings. The van der Waals surface area contributed by atoms with Crippen LogP contribution in [0.3, 0.4) is 0 Å². The molecule has 0 spiro atoms. The molecule has 1 atom stereocenters. The van der Waals surface area contributed by atoms with Crippen LogP contribution in [0.5, 0.6) is 0 Å². The second kappa shape index (κ2) is 4.93. The van der Waals surface area contributed by atoms with Gasteiger partial charge < -0.3 is 10.8 Å². The number of carbonyl (C=O) groups is 1. The molecule has 0 bridgehead atoms. The van der Waals surface area contributed by atoms with Crippen LogP contribution in [0, 0.1) is 6.92 Å². The Balaban J connectivity index is 2.47. The highest BCUT2D eigenvalue weighted by Crippen LogP contribution is 2.10. The van der Waals surface area contributed by atoms with Gasteiger partial charge in [-0.3, -0.25) is 9.48 Å². The van der Waals surface area contributed by atoms with Crippen LogP contribution in [0.1, 0.15) is 24.1 Å². The second-order valence-corrected chi connectivity index (χ2v) is 3.78. The van der Waals surface area contributed by atoms with E-state index < -0.39 is 5.97 Å². The van der Waals surface area contributed by atoms with Crippen LogP contribution in [0.4, 0.5) is 0 Å². The Bertz CT molecular complexity index is 346. The number of hydrogen-bond acceptors (Lipinski definition) is 3. The molecule has 1 aromatic rings. The Morgan fingerprint density at radius 3 is 2.87 bits per heavy atom. The monoisotopic (exact) mass is 211 g/mol. The third-order valence-electron chi connectivity index (χ3n) is 2.55. The van der Waals surface area contributed by atoms with Crippen molar-refractivity contribution in [2.24, 2.45) is 12.8 Å². The lowest BCUT2D eigenvalue weighted by molar-refractivity contribution is -0.137. The van der Waals surface area contributed by atoms with Gasteiger partial charge in [-0.15, -0.1) is 0 Å². The van der Waals surface area contributed by atoms with E-state index in [9.17, 15) is 4.79 Å². The molecule has 1 rings (SSSR count). The van der Waals surface area contributed by atoms with E-state index in [0.29, 0.717) is 12.8 Å². The minimum Gasteiger partial charge on any atom is -0.481 e. The largest absolute Gasteiger partial charge is 0.481 e. The van der Waals surface area contributed by atoms with Crippen LogP contribution < -0.4 is 5.73 Å². The fraction of sp³-hybridized carbons (Fsp3) is 0.600. The molecule has 5 nitrogen and oxygen atoms in total. The predicted octanol–water partition coefficient (Wildman–Crippen LogP) is 0.463. The van der Waals surface area contributed by atoms with Crippen LogP contribution >= 0.6 is 0 Å².